The first-order valence-electron chi connectivity index (χ1n) is 3.61. The van der Waals surface area contributed by atoms with Crippen molar-refractivity contribution >= 4 is 0 Å². The molecule has 0 fully saturated rings. The van der Waals surface area contributed by atoms with Crippen LogP contribution in [0, 0.1) is 23.2 Å². The van der Waals surface area contributed by atoms with E-state index in [-0.39, 0.29) is 0 Å². The third-order valence-electron chi connectivity index (χ3n) is 1.41. The first kappa shape index (κ1) is 8.30. The molecule has 0 amide bonds. The van der Waals surface area contributed by atoms with Crippen molar-refractivity contribution in [3.8, 4) is 17.9 Å². The molecular weight excluding hydrogens is 148 g/mol. The summed E-state index contributed by atoms with van der Waals surface area (Å²) in [5.41, 5.74) is 1.49. The molecule has 0 aliphatic heterocycles. The lowest BCUT2D eigenvalue weighted by Gasteiger charge is -1.92. The maximum atomic E-state index is 8.46. The molecule has 0 saturated heterocycles. The molecule has 0 unspecified atom stereocenters. The monoisotopic (exact) mass is 156 g/mol. The van der Waals surface area contributed by atoms with Gasteiger partial charge in [-0.2, -0.15) is 5.26 Å². The van der Waals surface area contributed by atoms with Crippen LogP contribution in [0.4, 0.5) is 0 Å². The van der Waals surface area contributed by atoms with Crippen LogP contribution in [0.5, 0.6) is 0 Å². The molecule has 0 bridgehead atoms. The molecule has 58 valence electrons. The maximum Gasteiger partial charge on any atom is 0.140 e. The molecule has 12 heavy (non-hydrogen) atoms. The van der Waals surface area contributed by atoms with E-state index in [0.29, 0.717) is 12.1 Å². The number of nitriles is 1. The zero-order valence-electron chi connectivity index (χ0n) is 6.83. The van der Waals surface area contributed by atoms with Gasteiger partial charge >= 0.3 is 0 Å². The quantitative estimate of drug-likeness (QED) is 0.578. The van der Waals surface area contributed by atoms with E-state index in [4.69, 9.17) is 5.26 Å². The van der Waals surface area contributed by atoms with Crippen molar-refractivity contribution in [2.75, 3.05) is 0 Å². The SMILES string of the molecule is CC#CCc1ccc(C#N)nc1. The molecule has 0 radical (unpaired) electrons. The minimum absolute atomic E-state index is 0.447. The average molecular weight is 156 g/mol. The van der Waals surface area contributed by atoms with Crippen LogP contribution in [0.25, 0.3) is 0 Å². The van der Waals surface area contributed by atoms with Crippen molar-refractivity contribution in [1.29, 1.82) is 5.26 Å². The van der Waals surface area contributed by atoms with Crippen molar-refractivity contribution < 1.29 is 0 Å². The first-order valence-corrected chi connectivity index (χ1v) is 3.61. The van der Waals surface area contributed by atoms with E-state index < -0.39 is 0 Å². The second-order valence-electron chi connectivity index (χ2n) is 2.27. The van der Waals surface area contributed by atoms with E-state index in [1.165, 1.54) is 0 Å². The maximum absolute atomic E-state index is 8.46. The summed E-state index contributed by atoms with van der Waals surface area (Å²) in [7, 11) is 0. The van der Waals surface area contributed by atoms with E-state index in [1.807, 2.05) is 12.1 Å². The van der Waals surface area contributed by atoms with Gasteiger partial charge in [0.2, 0.25) is 0 Å². The molecule has 0 aliphatic rings. The Bertz CT molecular complexity index is 346. The Labute approximate surface area is 71.9 Å². The van der Waals surface area contributed by atoms with E-state index in [9.17, 15) is 0 Å². The molecule has 0 spiro atoms. The predicted molar refractivity (Wildman–Crippen MR) is 46.1 cm³/mol. The lowest BCUT2D eigenvalue weighted by atomic mass is 10.2. The van der Waals surface area contributed by atoms with Gasteiger partial charge in [0.15, 0.2) is 0 Å². The van der Waals surface area contributed by atoms with E-state index >= 15 is 0 Å². The van der Waals surface area contributed by atoms with E-state index in [0.717, 1.165) is 5.56 Å². The van der Waals surface area contributed by atoms with Gasteiger partial charge in [0.25, 0.3) is 0 Å². The number of pyridine rings is 1. The van der Waals surface area contributed by atoms with Crippen LogP contribution in [-0.4, -0.2) is 4.98 Å². The molecule has 1 aromatic rings. The van der Waals surface area contributed by atoms with Crippen LogP contribution >= 0.6 is 0 Å². The average Bonchev–Trinajstić information content (AvgIpc) is 2.15. The second-order valence-corrected chi connectivity index (χ2v) is 2.27. The van der Waals surface area contributed by atoms with Gasteiger partial charge in [0.05, 0.1) is 0 Å². The van der Waals surface area contributed by atoms with Crippen molar-refractivity contribution in [3.05, 3.63) is 29.6 Å². The number of aromatic nitrogens is 1. The summed E-state index contributed by atoms with van der Waals surface area (Å²) in [4.78, 5) is 3.92. The molecule has 1 aromatic heterocycles. The Kier molecular flexibility index (Phi) is 2.87. The topological polar surface area (TPSA) is 36.7 Å². The van der Waals surface area contributed by atoms with Gasteiger partial charge in [-0.1, -0.05) is 12.0 Å². The lowest BCUT2D eigenvalue weighted by molar-refractivity contribution is 1.18. The summed E-state index contributed by atoms with van der Waals surface area (Å²) < 4.78 is 0. The zero-order valence-corrected chi connectivity index (χ0v) is 6.83. The summed E-state index contributed by atoms with van der Waals surface area (Å²) >= 11 is 0. The van der Waals surface area contributed by atoms with Gasteiger partial charge in [-0.05, 0) is 18.6 Å². The van der Waals surface area contributed by atoms with Crippen LogP contribution in [0.15, 0.2) is 18.3 Å². The highest BCUT2D eigenvalue weighted by Crippen LogP contribution is 1.99. The van der Waals surface area contributed by atoms with Gasteiger partial charge in [-0.15, -0.1) is 5.92 Å². The third-order valence-corrected chi connectivity index (χ3v) is 1.41. The lowest BCUT2D eigenvalue weighted by Crippen LogP contribution is -1.86. The van der Waals surface area contributed by atoms with Crippen LogP contribution < -0.4 is 0 Å². The summed E-state index contributed by atoms with van der Waals surface area (Å²) in [5.74, 6) is 5.73. The highest BCUT2D eigenvalue weighted by atomic mass is 14.7. The molecule has 0 aromatic carbocycles. The predicted octanol–water partition coefficient (Wildman–Crippen LogP) is 1.52. The van der Waals surface area contributed by atoms with Gasteiger partial charge in [0.1, 0.15) is 11.8 Å². The molecule has 0 N–H and O–H groups in total. The van der Waals surface area contributed by atoms with E-state index in [2.05, 4.69) is 16.8 Å². The molecule has 1 rings (SSSR count). The van der Waals surface area contributed by atoms with Gasteiger partial charge < -0.3 is 0 Å². The molecule has 0 atom stereocenters. The highest BCUT2D eigenvalue weighted by Gasteiger charge is 1.91. The van der Waals surface area contributed by atoms with Crippen molar-refractivity contribution in [3.63, 3.8) is 0 Å². The van der Waals surface area contributed by atoms with E-state index in [1.54, 1.807) is 19.2 Å². The number of nitrogens with zero attached hydrogens (tertiary/aromatic N) is 2. The summed E-state index contributed by atoms with van der Waals surface area (Å²) in [6.07, 6.45) is 2.39. The van der Waals surface area contributed by atoms with Gasteiger partial charge in [-0.3, -0.25) is 0 Å². The Morgan fingerprint density at radius 1 is 1.50 bits per heavy atom. The van der Waals surface area contributed by atoms with Crippen molar-refractivity contribution in [2.24, 2.45) is 0 Å². The van der Waals surface area contributed by atoms with Crippen LogP contribution in [0.1, 0.15) is 18.2 Å². The molecule has 2 heteroatoms. The fraction of sp³-hybridized carbons (Fsp3) is 0.200. The van der Waals surface area contributed by atoms with Crippen LogP contribution in [-0.2, 0) is 6.42 Å². The van der Waals surface area contributed by atoms with Gasteiger partial charge in [-0.25, -0.2) is 4.98 Å². The van der Waals surface area contributed by atoms with Crippen molar-refractivity contribution in [2.45, 2.75) is 13.3 Å². The fourth-order valence-electron chi connectivity index (χ4n) is 0.786. The number of rotatable bonds is 1. The normalized spacial score (nSPS) is 8.00. The first-order chi connectivity index (χ1) is 5.86. The minimum atomic E-state index is 0.447. The molecular formula is C10H8N2. The Hall–Kier alpha value is -1.80. The number of hydrogen-bond donors (Lipinski definition) is 0. The molecule has 1 heterocycles. The Morgan fingerprint density at radius 2 is 2.33 bits per heavy atom. The number of hydrogen-bond acceptors (Lipinski definition) is 2. The summed E-state index contributed by atoms with van der Waals surface area (Å²) in [6.45, 7) is 1.80. The fourth-order valence-corrected chi connectivity index (χ4v) is 0.786. The second kappa shape index (κ2) is 4.16. The third kappa shape index (κ3) is 2.11. The largest absolute Gasteiger partial charge is 0.245 e. The summed E-state index contributed by atoms with van der Waals surface area (Å²) in [6, 6.07) is 5.54. The highest BCUT2D eigenvalue weighted by molar-refractivity contribution is 5.25. The minimum Gasteiger partial charge on any atom is -0.245 e. The zero-order chi connectivity index (χ0) is 8.81. The van der Waals surface area contributed by atoms with Crippen LogP contribution in [0.2, 0.25) is 0 Å². The van der Waals surface area contributed by atoms with Crippen LogP contribution in [0.3, 0.4) is 0 Å². The molecule has 0 aliphatic carbocycles. The molecule has 2 nitrogen and oxygen atoms in total. The summed E-state index contributed by atoms with van der Waals surface area (Å²) in [5, 5.41) is 8.46. The van der Waals surface area contributed by atoms with Crippen molar-refractivity contribution in [1.82, 2.24) is 4.98 Å². The molecule has 0 saturated carbocycles. The Balaban J connectivity index is 2.77. The van der Waals surface area contributed by atoms with Gasteiger partial charge in [0, 0.05) is 12.6 Å². The Morgan fingerprint density at radius 3 is 2.83 bits per heavy atom. The smallest absolute Gasteiger partial charge is 0.140 e. The standard InChI is InChI=1S/C10H8N2/c1-2-3-4-9-5-6-10(7-11)12-8-9/h5-6,8H,4H2,1H3.